The highest BCUT2D eigenvalue weighted by atomic mass is 16.4. The summed E-state index contributed by atoms with van der Waals surface area (Å²) in [5, 5.41) is 15.9. The number of carbonyl (C=O) groups is 2. The summed E-state index contributed by atoms with van der Waals surface area (Å²) in [6, 6.07) is -0.716. The van der Waals surface area contributed by atoms with Crippen LogP contribution in [0, 0.1) is 0 Å². The Morgan fingerprint density at radius 2 is 1.60 bits per heavy atom. The van der Waals surface area contributed by atoms with Crippen LogP contribution in [0.5, 0.6) is 0 Å². The molecule has 0 aliphatic rings. The molecule has 7 nitrogen and oxygen atoms in total. The van der Waals surface area contributed by atoms with Gasteiger partial charge in [0.05, 0.1) is 6.54 Å². The highest BCUT2D eigenvalue weighted by Crippen LogP contribution is 1.96. The predicted molar refractivity (Wildman–Crippen MR) is 55.2 cm³/mol. The number of unbranched alkanes of at least 4 members (excludes halogenated alkanes) is 1. The molecule has 0 rings (SSSR count). The first-order chi connectivity index (χ1) is 6.95. The lowest BCUT2D eigenvalue weighted by Gasteiger charge is -2.03. The maximum Gasteiger partial charge on any atom is 0.320 e. The molecule has 1 unspecified atom stereocenters. The monoisotopic (exact) mass is 221 g/mol. The topological polar surface area (TPSA) is 153 Å². The van der Waals surface area contributed by atoms with Gasteiger partial charge in [0, 0.05) is 0 Å². The third kappa shape index (κ3) is 15.6. The zero-order valence-electron chi connectivity index (χ0n) is 8.56. The number of hydrogen-bond donors (Lipinski definition) is 5. The minimum atomic E-state index is -0.968. The fourth-order valence-corrected chi connectivity index (χ4v) is 0.632. The first kappa shape index (κ1) is 16.3. The van der Waals surface area contributed by atoms with E-state index >= 15 is 0 Å². The molecule has 1 atom stereocenters. The average molecular weight is 221 g/mol. The van der Waals surface area contributed by atoms with Crippen LogP contribution >= 0.6 is 0 Å². The van der Waals surface area contributed by atoms with Crippen LogP contribution in [0.3, 0.4) is 0 Å². The second-order valence-corrected chi connectivity index (χ2v) is 2.83. The van der Waals surface area contributed by atoms with Crippen molar-refractivity contribution < 1.29 is 19.8 Å². The van der Waals surface area contributed by atoms with Crippen molar-refractivity contribution in [1.29, 1.82) is 0 Å². The smallest absolute Gasteiger partial charge is 0.320 e. The highest BCUT2D eigenvalue weighted by Gasteiger charge is 2.09. The standard InChI is InChI=1S/C6H14N2O2.C2H5NO2/c7-4-2-1-3-5(8)6(9)10;3-1-2(4)5/h5H,1-4,7-8H2,(H,9,10);1,3H2,(H,4,5). The molecule has 0 bridgehead atoms. The molecule has 15 heavy (non-hydrogen) atoms. The molecule has 0 aliphatic heterocycles. The number of nitrogens with two attached hydrogens (primary N) is 3. The van der Waals surface area contributed by atoms with E-state index in [0.717, 1.165) is 12.8 Å². The van der Waals surface area contributed by atoms with Crippen LogP contribution in [0.2, 0.25) is 0 Å². The van der Waals surface area contributed by atoms with Crippen molar-refractivity contribution >= 4 is 11.9 Å². The van der Waals surface area contributed by atoms with Crippen LogP contribution in [-0.4, -0.2) is 41.3 Å². The van der Waals surface area contributed by atoms with E-state index in [-0.39, 0.29) is 6.54 Å². The summed E-state index contributed by atoms with van der Waals surface area (Å²) in [6.07, 6.45) is 2.16. The van der Waals surface area contributed by atoms with Crippen molar-refractivity contribution in [2.75, 3.05) is 13.1 Å². The maximum absolute atomic E-state index is 10.1. The van der Waals surface area contributed by atoms with Gasteiger partial charge in [-0.1, -0.05) is 6.42 Å². The average Bonchev–Trinajstić information content (AvgIpc) is 2.18. The zero-order chi connectivity index (χ0) is 12.3. The molecule has 0 amide bonds. The number of carboxylic acid groups (broad SMARTS) is 2. The lowest BCUT2D eigenvalue weighted by Crippen LogP contribution is -2.29. The Hall–Kier alpha value is -1.18. The van der Waals surface area contributed by atoms with Crippen LogP contribution in [0.1, 0.15) is 19.3 Å². The van der Waals surface area contributed by atoms with Crippen molar-refractivity contribution in [1.82, 2.24) is 0 Å². The van der Waals surface area contributed by atoms with E-state index in [2.05, 4.69) is 5.73 Å². The van der Waals surface area contributed by atoms with Crippen molar-refractivity contribution in [3.63, 3.8) is 0 Å². The van der Waals surface area contributed by atoms with Crippen molar-refractivity contribution in [2.45, 2.75) is 25.3 Å². The Balaban J connectivity index is 0. The Labute approximate surface area is 88.2 Å². The largest absolute Gasteiger partial charge is 0.480 e. The summed E-state index contributed by atoms with van der Waals surface area (Å²) in [6.45, 7) is 0.326. The van der Waals surface area contributed by atoms with E-state index in [1.807, 2.05) is 0 Å². The quantitative estimate of drug-likeness (QED) is 0.344. The van der Waals surface area contributed by atoms with E-state index in [0.29, 0.717) is 13.0 Å². The van der Waals surface area contributed by atoms with Gasteiger partial charge in [0.1, 0.15) is 6.04 Å². The van der Waals surface area contributed by atoms with Crippen LogP contribution < -0.4 is 17.2 Å². The van der Waals surface area contributed by atoms with Gasteiger partial charge < -0.3 is 27.4 Å². The lowest BCUT2D eigenvalue weighted by molar-refractivity contribution is -0.138. The molecule has 0 heterocycles. The lowest BCUT2D eigenvalue weighted by atomic mass is 10.1. The summed E-state index contributed by atoms with van der Waals surface area (Å²) >= 11 is 0. The second kappa shape index (κ2) is 10.9. The maximum atomic E-state index is 10.1. The summed E-state index contributed by atoms with van der Waals surface area (Å²) in [5.41, 5.74) is 15.0. The minimum Gasteiger partial charge on any atom is -0.480 e. The second-order valence-electron chi connectivity index (χ2n) is 2.83. The van der Waals surface area contributed by atoms with Gasteiger partial charge in [-0.2, -0.15) is 0 Å². The molecule has 0 saturated heterocycles. The summed E-state index contributed by atoms with van der Waals surface area (Å²) in [7, 11) is 0. The molecule has 90 valence electrons. The normalized spacial score (nSPS) is 11.1. The number of rotatable bonds is 6. The van der Waals surface area contributed by atoms with Gasteiger partial charge in [-0.05, 0) is 19.4 Å². The van der Waals surface area contributed by atoms with E-state index < -0.39 is 18.0 Å². The number of hydrogen-bond acceptors (Lipinski definition) is 5. The fourth-order valence-electron chi connectivity index (χ4n) is 0.632. The van der Waals surface area contributed by atoms with E-state index in [1.165, 1.54) is 0 Å². The van der Waals surface area contributed by atoms with Crippen molar-refractivity contribution in [3.8, 4) is 0 Å². The van der Waals surface area contributed by atoms with Gasteiger partial charge in [-0.25, -0.2) is 0 Å². The molecule has 0 saturated carbocycles. The molecule has 0 aliphatic carbocycles. The van der Waals surface area contributed by atoms with E-state index in [1.54, 1.807) is 0 Å². The summed E-state index contributed by atoms with van der Waals surface area (Å²) in [5.74, 6) is -1.90. The van der Waals surface area contributed by atoms with Gasteiger partial charge in [-0.15, -0.1) is 0 Å². The number of aliphatic carboxylic acids is 2. The van der Waals surface area contributed by atoms with E-state index in [4.69, 9.17) is 21.7 Å². The zero-order valence-corrected chi connectivity index (χ0v) is 8.56. The highest BCUT2D eigenvalue weighted by molar-refractivity contribution is 5.72. The van der Waals surface area contributed by atoms with Crippen molar-refractivity contribution in [3.05, 3.63) is 0 Å². The van der Waals surface area contributed by atoms with Gasteiger partial charge >= 0.3 is 11.9 Å². The minimum absolute atomic E-state index is 0.278. The van der Waals surface area contributed by atoms with Gasteiger partial charge in [0.15, 0.2) is 0 Å². The Morgan fingerprint density at radius 1 is 1.13 bits per heavy atom. The third-order valence-corrected chi connectivity index (χ3v) is 1.46. The molecule has 0 fully saturated rings. The molecule has 0 spiro atoms. The number of carboxylic acids is 2. The molecular weight excluding hydrogens is 202 g/mol. The molecular formula is C8H19N3O4. The first-order valence-electron chi connectivity index (χ1n) is 4.56. The SMILES string of the molecule is NCC(=O)O.NCCCCC(N)C(=O)O. The van der Waals surface area contributed by atoms with Gasteiger partial charge in [-0.3, -0.25) is 9.59 Å². The van der Waals surface area contributed by atoms with Crippen LogP contribution in [-0.2, 0) is 9.59 Å². The Morgan fingerprint density at radius 3 is 1.87 bits per heavy atom. The Bertz CT molecular complexity index is 187. The fraction of sp³-hybridized carbons (Fsp3) is 0.750. The van der Waals surface area contributed by atoms with Gasteiger partial charge in [0.2, 0.25) is 0 Å². The van der Waals surface area contributed by atoms with Crippen LogP contribution in [0.25, 0.3) is 0 Å². The molecule has 0 radical (unpaired) electrons. The molecule has 0 aromatic carbocycles. The van der Waals surface area contributed by atoms with Crippen LogP contribution in [0.15, 0.2) is 0 Å². The Kier molecular flexibility index (Phi) is 11.8. The van der Waals surface area contributed by atoms with Crippen LogP contribution in [0.4, 0.5) is 0 Å². The third-order valence-electron chi connectivity index (χ3n) is 1.46. The molecule has 7 heteroatoms. The first-order valence-corrected chi connectivity index (χ1v) is 4.56. The molecule has 0 aromatic heterocycles. The molecule has 0 aromatic rings. The van der Waals surface area contributed by atoms with Gasteiger partial charge in [0.25, 0.3) is 0 Å². The van der Waals surface area contributed by atoms with Crippen molar-refractivity contribution in [2.24, 2.45) is 17.2 Å². The predicted octanol–water partition coefficient (Wildman–Crippen LogP) is -1.44. The summed E-state index contributed by atoms with van der Waals surface area (Å²) < 4.78 is 0. The molecule has 8 N–H and O–H groups in total. The summed E-state index contributed by atoms with van der Waals surface area (Å²) in [4.78, 5) is 19.4. The van der Waals surface area contributed by atoms with E-state index in [9.17, 15) is 9.59 Å².